The smallest absolute Gasteiger partial charge is 0.353 e. The number of carboxylic acids is 1. The normalized spacial score (nSPS) is 10.3. The number of aromatic carboxylic acids is 1. The van der Waals surface area contributed by atoms with Crippen LogP contribution >= 0.6 is 0 Å². The van der Waals surface area contributed by atoms with Crippen molar-refractivity contribution < 1.29 is 19.7 Å². The molecule has 0 saturated carbocycles. The number of H-pyrrole nitrogens is 1. The first-order valence-corrected chi connectivity index (χ1v) is 5.20. The number of hydrogen-bond acceptors (Lipinski definition) is 4. The number of benzene rings is 1. The molecule has 6 heteroatoms. The Morgan fingerprint density at radius 3 is 2.72 bits per heavy atom. The summed E-state index contributed by atoms with van der Waals surface area (Å²) in [7, 11) is 1.47. The van der Waals surface area contributed by atoms with Gasteiger partial charge in [0.25, 0.3) is 0 Å². The maximum atomic E-state index is 10.8. The molecule has 0 atom stereocenters. The topological polar surface area (TPSA) is 95.4 Å². The molecule has 0 amide bonds. The molecule has 0 spiro atoms. The number of aromatic nitrogens is 2. The van der Waals surface area contributed by atoms with Crippen LogP contribution in [0.1, 0.15) is 16.1 Å². The van der Waals surface area contributed by atoms with Gasteiger partial charge in [-0.15, -0.1) is 0 Å². The van der Waals surface area contributed by atoms with Crippen molar-refractivity contribution in [2.75, 3.05) is 7.11 Å². The summed E-state index contributed by atoms with van der Waals surface area (Å²) in [6, 6.07) is 4.75. The van der Waals surface area contributed by atoms with E-state index in [1.165, 1.54) is 13.2 Å². The number of rotatable bonds is 3. The van der Waals surface area contributed by atoms with Crippen LogP contribution in [0, 0.1) is 6.92 Å². The van der Waals surface area contributed by atoms with Crippen LogP contribution in [0.4, 0.5) is 0 Å². The molecule has 0 aliphatic rings. The monoisotopic (exact) mass is 248 g/mol. The first kappa shape index (κ1) is 12.0. The molecule has 0 radical (unpaired) electrons. The number of aryl methyl sites for hydroxylation is 1. The zero-order valence-corrected chi connectivity index (χ0v) is 9.89. The predicted octanol–water partition coefficient (Wildman–Crippen LogP) is 1.80. The molecule has 3 N–H and O–H groups in total. The van der Waals surface area contributed by atoms with Crippen LogP contribution in [0.2, 0.25) is 0 Å². The van der Waals surface area contributed by atoms with Crippen molar-refractivity contribution in [2.24, 2.45) is 0 Å². The Morgan fingerprint density at radius 2 is 2.17 bits per heavy atom. The van der Waals surface area contributed by atoms with Gasteiger partial charge in [-0.25, -0.2) is 4.79 Å². The highest BCUT2D eigenvalue weighted by molar-refractivity contribution is 5.88. The number of nitrogens with zero attached hydrogens (tertiary/aromatic N) is 1. The lowest BCUT2D eigenvalue weighted by atomic mass is 10.1. The summed E-state index contributed by atoms with van der Waals surface area (Å²) in [6.45, 7) is 1.74. The highest BCUT2D eigenvalue weighted by Crippen LogP contribution is 2.38. The maximum absolute atomic E-state index is 10.8. The number of nitrogens with one attached hydrogen (secondary N) is 1. The molecule has 2 aromatic rings. The molecule has 18 heavy (non-hydrogen) atoms. The van der Waals surface area contributed by atoms with Crippen molar-refractivity contribution in [3.8, 4) is 22.8 Å². The Morgan fingerprint density at radius 1 is 1.44 bits per heavy atom. The van der Waals surface area contributed by atoms with Crippen LogP contribution in [0.3, 0.4) is 0 Å². The minimum Gasteiger partial charge on any atom is -0.507 e. The second-order valence-electron chi connectivity index (χ2n) is 3.78. The molecular formula is C12H12N2O4. The fraction of sp³-hybridized carbons (Fsp3) is 0.167. The number of carbonyl (C=O) groups is 1. The highest BCUT2D eigenvalue weighted by Gasteiger charge is 2.18. The number of methoxy groups -OCH3 is 1. The van der Waals surface area contributed by atoms with Crippen molar-refractivity contribution >= 4 is 5.97 Å². The molecule has 0 aliphatic carbocycles. The summed E-state index contributed by atoms with van der Waals surface area (Å²) in [5.74, 6) is -0.654. The Hall–Kier alpha value is -2.50. The summed E-state index contributed by atoms with van der Waals surface area (Å²) in [5, 5.41) is 25.1. The van der Waals surface area contributed by atoms with Crippen LogP contribution in [-0.4, -0.2) is 33.5 Å². The second kappa shape index (κ2) is 4.40. The van der Waals surface area contributed by atoms with Gasteiger partial charge in [-0.3, -0.25) is 5.10 Å². The van der Waals surface area contributed by atoms with E-state index < -0.39 is 5.97 Å². The number of ether oxygens (including phenoxy) is 1. The van der Waals surface area contributed by atoms with Crippen LogP contribution in [-0.2, 0) is 0 Å². The van der Waals surface area contributed by atoms with Crippen LogP contribution in [0.5, 0.6) is 11.5 Å². The van der Waals surface area contributed by atoms with Crippen molar-refractivity contribution in [3.05, 3.63) is 29.5 Å². The average molecular weight is 248 g/mol. The summed E-state index contributed by atoms with van der Waals surface area (Å²) in [6.07, 6.45) is 0. The Bertz CT molecular complexity index is 604. The van der Waals surface area contributed by atoms with Crippen LogP contribution in [0.25, 0.3) is 11.3 Å². The van der Waals surface area contributed by atoms with E-state index in [1.54, 1.807) is 19.1 Å². The van der Waals surface area contributed by atoms with Gasteiger partial charge >= 0.3 is 5.97 Å². The molecule has 1 heterocycles. The molecule has 94 valence electrons. The number of hydrogen-bond donors (Lipinski definition) is 3. The van der Waals surface area contributed by atoms with Gasteiger partial charge in [0.2, 0.25) is 0 Å². The highest BCUT2D eigenvalue weighted by atomic mass is 16.5. The molecule has 0 aliphatic heterocycles. The van der Waals surface area contributed by atoms with E-state index in [0.29, 0.717) is 22.6 Å². The maximum Gasteiger partial charge on any atom is 0.353 e. The molecule has 0 saturated heterocycles. The minimum absolute atomic E-state index is 0.0257. The van der Waals surface area contributed by atoms with Crippen molar-refractivity contribution in [1.82, 2.24) is 10.2 Å². The fourth-order valence-electron chi connectivity index (χ4n) is 1.65. The van der Waals surface area contributed by atoms with Crippen LogP contribution in [0.15, 0.2) is 18.2 Å². The fourth-order valence-corrected chi connectivity index (χ4v) is 1.65. The van der Waals surface area contributed by atoms with Gasteiger partial charge in [0.15, 0.2) is 0 Å². The first-order valence-electron chi connectivity index (χ1n) is 5.20. The van der Waals surface area contributed by atoms with E-state index in [2.05, 4.69) is 10.2 Å². The molecule has 1 aromatic heterocycles. The van der Waals surface area contributed by atoms with E-state index in [9.17, 15) is 9.90 Å². The van der Waals surface area contributed by atoms with E-state index in [-0.39, 0.29) is 11.4 Å². The molecule has 1 aromatic carbocycles. The Balaban J connectivity index is 2.61. The van der Waals surface area contributed by atoms with Gasteiger partial charge < -0.3 is 14.9 Å². The summed E-state index contributed by atoms with van der Waals surface area (Å²) < 4.78 is 5.14. The SMILES string of the molecule is COc1ccc(C)c(O)c1-c1cc(C(=O)O)[nH]n1. The first-order chi connectivity index (χ1) is 8.54. The van der Waals surface area contributed by atoms with E-state index in [1.807, 2.05) is 0 Å². The average Bonchev–Trinajstić information content (AvgIpc) is 2.81. The number of phenols is 1. The molecule has 0 bridgehead atoms. The molecule has 0 unspecified atom stereocenters. The number of aromatic amines is 1. The number of phenolic OH excluding ortho intramolecular Hbond substituents is 1. The van der Waals surface area contributed by atoms with Gasteiger partial charge in [-0.05, 0) is 24.6 Å². The standard InChI is InChI=1S/C12H12N2O4/c1-6-3-4-9(18-2)10(11(6)15)7-5-8(12(16)17)14-13-7/h3-5,15H,1-2H3,(H,13,14)(H,16,17). The molecule has 0 fully saturated rings. The molecule has 2 rings (SSSR count). The zero-order valence-electron chi connectivity index (χ0n) is 9.89. The summed E-state index contributed by atoms with van der Waals surface area (Å²) in [5.41, 5.74) is 1.31. The molecule has 6 nitrogen and oxygen atoms in total. The summed E-state index contributed by atoms with van der Waals surface area (Å²) >= 11 is 0. The van der Waals surface area contributed by atoms with Gasteiger partial charge in [-0.2, -0.15) is 5.10 Å². The molecular weight excluding hydrogens is 236 g/mol. The lowest BCUT2D eigenvalue weighted by molar-refractivity contribution is 0.0690. The van der Waals surface area contributed by atoms with Gasteiger partial charge in [-0.1, -0.05) is 6.07 Å². The minimum atomic E-state index is -1.11. The van der Waals surface area contributed by atoms with E-state index in [0.717, 1.165) is 0 Å². The third-order valence-corrected chi connectivity index (χ3v) is 2.63. The lowest BCUT2D eigenvalue weighted by Gasteiger charge is -2.10. The van der Waals surface area contributed by atoms with Gasteiger partial charge in [0, 0.05) is 0 Å². The Kier molecular flexibility index (Phi) is 2.93. The largest absolute Gasteiger partial charge is 0.507 e. The van der Waals surface area contributed by atoms with Crippen LogP contribution < -0.4 is 4.74 Å². The second-order valence-corrected chi connectivity index (χ2v) is 3.78. The van der Waals surface area contributed by atoms with E-state index >= 15 is 0 Å². The van der Waals surface area contributed by atoms with Crippen molar-refractivity contribution in [1.29, 1.82) is 0 Å². The van der Waals surface area contributed by atoms with Crippen molar-refractivity contribution in [3.63, 3.8) is 0 Å². The lowest BCUT2D eigenvalue weighted by Crippen LogP contribution is -1.95. The van der Waals surface area contributed by atoms with Gasteiger partial charge in [0.1, 0.15) is 22.9 Å². The number of aromatic hydroxyl groups is 1. The van der Waals surface area contributed by atoms with E-state index in [4.69, 9.17) is 9.84 Å². The zero-order chi connectivity index (χ0) is 13.3. The summed E-state index contributed by atoms with van der Waals surface area (Å²) in [4.78, 5) is 10.8. The van der Waals surface area contributed by atoms with Gasteiger partial charge in [0.05, 0.1) is 12.7 Å². The Labute approximate surface area is 103 Å². The predicted molar refractivity (Wildman–Crippen MR) is 63.9 cm³/mol. The number of carboxylic acid groups (broad SMARTS) is 1. The third-order valence-electron chi connectivity index (χ3n) is 2.63. The quantitative estimate of drug-likeness (QED) is 0.769. The third kappa shape index (κ3) is 1.88. The van der Waals surface area contributed by atoms with Crippen molar-refractivity contribution in [2.45, 2.75) is 6.92 Å².